The van der Waals surface area contributed by atoms with Gasteiger partial charge in [-0.15, -0.1) is 6.58 Å². The Morgan fingerprint density at radius 1 is 1.27 bits per heavy atom. The Bertz CT molecular complexity index is 651. The maximum absolute atomic E-state index is 12.9. The number of hydrogen-bond acceptors (Lipinski definition) is 4. The Hall–Kier alpha value is -1.73. The van der Waals surface area contributed by atoms with Crippen molar-refractivity contribution in [3.05, 3.63) is 47.0 Å². The summed E-state index contributed by atoms with van der Waals surface area (Å²) in [5.41, 5.74) is -0.382. The smallest absolute Gasteiger partial charge is 0.258 e. The summed E-state index contributed by atoms with van der Waals surface area (Å²) in [7, 11) is -3.92. The van der Waals surface area contributed by atoms with Crippen LogP contribution >= 0.6 is 0 Å². The van der Waals surface area contributed by atoms with Crippen LogP contribution in [0.25, 0.3) is 0 Å². The fourth-order valence-electron chi connectivity index (χ4n) is 2.89. The van der Waals surface area contributed by atoms with Crippen LogP contribution in [-0.2, 0) is 10.0 Å². The van der Waals surface area contributed by atoms with Crippen LogP contribution in [0.1, 0.15) is 32.1 Å². The van der Waals surface area contributed by atoms with Gasteiger partial charge in [-0.1, -0.05) is 37.5 Å². The second kappa shape index (κ2) is 7.02. The van der Waals surface area contributed by atoms with Gasteiger partial charge in [-0.2, -0.15) is 4.31 Å². The van der Waals surface area contributed by atoms with E-state index in [1.54, 1.807) is 0 Å². The van der Waals surface area contributed by atoms with E-state index in [9.17, 15) is 18.5 Å². The predicted octanol–water partition coefficient (Wildman–Crippen LogP) is 3.10. The molecule has 0 spiro atoms. The van der Waals surface area contributed by atoms with Crippen LogP contribution < -0.4 is 0 Å². The zero-order valence-electron chi connectivity index (χ0n) is 12.3. The van der Waals surface area contributed by atoms with Gasteiger partial charge in [0.15, 0.2) is 4.90 Å². The highest BCUT2D eigenvalue weighted by Crippen LogP contribution is 2.31. The van der Waals surface area contributed by atoms with E-state index < -0.39 is 14.9 Å². The molecule has 1 aromatic rings. The number of hydrogen-bond donors (Lipinski definition) is 0. The number of nitro groups is 1. The molecule has 22 heavy (non-hydrogen) atoms. The fourth-order valence-corrected chi connectivity index (χ4v) is 4.71. The van der Waals surface area contributed by atoms with Crippen molar-refractivity contribution in [3.8, 4) is 0 Å². The third kappa shape index (κ3) is 3.36. The van der Waals surface area contributed by atoms with Crippen molar-refractivity contribution >= 4 is 15.7 Å². The molecular formula is C15H20N2O4S. The summed E-state index contributed by atoms with van der Waals surface area (Å²) in [5, 5.41) is 11.1. The molecule has 6 nitrogen and oxygen atoms in total. The van der Waals surface area contributed by atoms with Gasteiger partial charge in [-0.3, -0.25) is 10.1 Å². The summed E-state index contributed by atoms with van der Waals surface area (Å²) < 4.78 is 27.2. The van der Waals surface area contributed by atoms with Gasteiger partial charge in [0.25, 0.3) is 5.69 Å². The second-order valence-corrected chi connectivity index (χ2v) is 7.24. The highest BCUT2D eigenvalue weighted by atomic mass is 32.2. The summed E-state index contributed by atoms with van der Waals surface area (Å²) in [6.45, 7) is 3.79. The van der Waals surface area contributed by atoms with E-state index in [-0.39, 0.29) is 23.2 Å². The van der Waals surface area contributed by atoms with Crippen molar-refractivity contribution in [1.82, 2.24) is 4.31 Å². The number of nitro benzene ring substituents is 1. The molecule has 0 aliphatic heterocycles. The lowest BCUT2D eigenvalue weighted by Crippen LogP contribution is -2.41. The van der Waals surface area contributed by atoms with Crippen LogP contribution in [0, 0.1) is 10.1 Å². The maximum atomic E-state index is 12.9. The minimum atomic E-state index is -3.92. The van der Waals surface area contributed by atoms with Crippen molar-refractivity contribution in [2.24, 2.45) is 0 Å². The lowest BCUT2D eigenvalue weighted by atomic mass is 9.95. The highest BCUT2D eigenvalue weighted by molar-refractivity contribution is 7.89. The topological polar surface area (TPSA) is 80.5 Å². The van der Waals surface area contributed by atoms with E-state index in [4.69, 9.17) is 0 Å². The summed E-state index contributed by atoms with van der Waals surface area (Å²) in [6, 6.07) is 5.38. The number of nitrogens with zero attached hydrogens (tertiary/aromatic N) is 2. The average Bonchev–Trinajstić information content (AvgIpc) is 2.53. The summed E-state index contributed by atoms with van der Waals surface area (Å²) >= 11 is 0. The Kier molecular flexibility index (Phi) is 5.31. The molecule has 7 heteroatoms. The molecule has 0 N–H and O–H groups in total. The van der Waals surface area contributed by atoms with E-state index in [0.29, 0.717) is 0 Å². The first-order valence-electron chi connectivity index (χ1n) is 7.34. The Balaban J connectivity index is 2.45. The molecule has 1 aromatic carbocycles. The van der Waals surface area contributed by atoms with Crippen LogP contribution in [0.5, 0.6) is 0 Å². The summed E-state index contributed by atoms with van der Waals surface area (Å²) in [5.74, 6) is 0. The molecule has 1 saturated carbocycles. The lowest BCUT2D eigenvalue weighted by molar-refractivity contribution is -0.387. The standard InChI is InChI=1S/C15H20N2O4S/c1-2-12-16(13-8-4-3-5-9-13)22(20,21)15-11-7-6-10-14(15)17(18)19/h2,6-7,10-11,13H,1,3-5,8-9,12H2. The van der Waals surface area contributed by atoms with E-state index in [2.05, 4.69) is 6.58 Å². The molecule has 120 valence electrons. The van der Waals surface area contributed by atoms with Gasteiger partial charge < -0.3 is 0 Å². The van der Waals surface area contributed by atoms with Crippen LogP contribution in [0.4, 0.5) is 5.69 Å². The molecule has 0 atom stereocenters. The number of benzene rings is 1. The van der Waals surface area contributed by atoms with Crippen molar-refractivity contribution in [3.63, 3.8) is 0 Å². The SMILES string of the molecule is C=CCN(C1CCCCC1)S(=O)(=O)c1ccccc1[N+](=O)[O-]. The normalized spacial score (nSPS) is 16.6. The Morgan fingerprint density at radius 2 is 1.91 bits per heavy atom. The monoisotopic (exact) mass is 324 g/mol. The van der Waals surface area contributed by atoms with Crippen molar-refractivity contribution < 1.29 is 13.3 Å². The predicted molar refractivity (Wildman–Crippen MR) is 84.1 cm³/mol. The molecule has 0 radical (unpaired) electrons. The van der Waals surface area contributed by atoms with Crippen LogP contribution in [0.2, 0.25) is 0 Å². The maximum Gasteiger partial charge on any atom is 0.289 e. The van der Waals surface area contributed by atoms with E-state index in [0.717, 1.165) is 32.1 Å². The Morgan fingerprint density at radius 3 is 2.50 bits per heavy atom. The van der Waals surface area contributed by atoms with E-state index in [1.807, 2.05) is 0 Å². The molecule has 0 amide bonds. The summed E-state index contributed by atoms with van der Waals surface area (Å²) in [4.78, 5) is 10.2. The fraction of sp³-hybridized carbons (Fsp3) is 0.467. The first kappa shape index (κ1) is 16.6. The van der Waals surface area contributed by atoms with E-state index in [1.165, 1.54) is 34.6 Å². The highest BCUT2D eigenvalue weighted by Gasteiger charge is 2.35. The van der Waals surface area contributed by atoms with Gasteiger partial charge in [0, 0.05) is 18.7 Å². The van der Waals surface area contributed by atoms with Crippen LogP contribution in [0.15, 0.2) is 41.8 Å². The molecule has 1 aliphatic rings. The number of rotatable bonds is 6. The molecule has 1 aliphatic carbocycles. The van der Waals surface area contributed by atoms with Gasteiger partial charge in [0.2, 0.25) is 10.0 Å². The Labute approximate surface area is 130 Å². The van der Waals surface area contributed by atoms with Gasteiger partial charge in [-0.25, -0.2) is 8.42 Å². The molecule has 0 bridgehead atoms. The molecule has 2 rings (SSSR count). The second-order valence-electron chi connectivity index (χ2n) is 5.38. The van der Waals surface area contributed by atoms with Gasteiger partial charge in [0.05, 0.1) is 4.92 Å². The lowest BCUT2D eigenvalue weighted by Gasteiger charge is -2.32. The third-order valence-electron chi connectivity index (χ3n) is 3.94. The first-order valence-corrected chi connectivity index (χ1v) is 8.78. The van der Waals surface area contributed by atoms with Gasteiger partial charge in [-0.05, 0) is 18.9 Å². The van der Waals surface area contributed by atoms with E-state index >= 15 is 0 Å². The largest absolute Gasteiger partial charge is 0.289 e. The number of para-hydroxylation sites is 1. The molecule has 0 heterocycles. The minimum Gasteiger partial charge on any atom is -0.258 e. The quantitative estimate of drug-likeness (QED) is 0.457. The first-order chi connectivity index (χ1) is 10.5. The average molecular weight is 324 g/mol. The van der Waals surface area contributed by atoms with Crippen molar-refractivity contribution in [2.45, 2.75) is 43.0 Å². The van der Waals surface area contributed by atoms with Crippen LogP contribution in [0.3, 0.4) is 0 Å². The molecule has 0 unspecified atom stereocenters. The molecular weight excluding hydrogens is 304 g/mol. The molecule has 0 saturated heterocycles. The van der Waals surface area contributed by atoms with Crippen LogP contribution in [-0.4, -0.2) is 30.2 Å². The zero-order valence-corrected chi connectivity index (χ0v) is 13.2. The van der Waals surface area contributed by atoms with Crippen molar-refractivity contribution in [2.75, 3.05) is 6.54 Å². The third-order valence-corrected chi connectivity index (χ3v) is 5.91. The van der Waals surface area contributed by atoms with Gasteiger partial charge in [0.1, 0.15) is 0 Å². The molecule has 1 fully saturated rings. The molecule has 0 aromatic heterocycles. The number of sulfonamides is 1. The van der Waals surface area contributed by atoms with Crippen molar-refractivity contribution in [1.29, 1.82) is 0 Å². The minimum absolute atomic E-state index is 0.114. The van der Waals surface area contributed by atoms with Gasteiger partial charge >= 0.3 is 0 Å². The summed E-state index contributed by atoms with van der Waals surface area (Å²) in [6.07, 6.45) is 6.15. The zero-order chi connectivity index (χ0) is 16.2.